The second-order valence-electron chi connectivity index (χ2n) is 10.3. The third kappa shape index (κ3) is 5.28. The summed E-state index contributed by atoms with van der Waals surface area (Å²) in [5.74, 6) is -0.374. The van der Waals surface area contributed by atoms with Crippen molar-refractivity contribution in [2.45, 2.75) is 59.1 Å². The lowest BCUT2D eigenvalue weighted by atomic mass is 10.0. The van der Waals surface area contributed by atoms with Crippen molar-refractivity contribution in [3.05, 3.63) is 53.6 Å². The molecule has 4 rings (SSSR count). The summed E-state index contributed by atoms with van der Waals surface area (Å²) in [6.07, 6.45) is 1.27. The lowest BCUT2D eigenvalue weighted by molar-refractivity contribution is 0.00607. The number of benzene rings is 1. The molecular weight excluding hydrogens is 449 g/mol. The number of piperazine rings is 1. The molecule has 35 heavy (non-hydrogen) atoms. The van der Waals surface area contributed by atoms with Gasteiger partial charge in [0.2, 0.25) is 0 Å². The molecule has 1 aliphatic heterocycles. The predicted molar refractivity (Wildman–Crippen MR) is 131 cm³/mol. The van der Waals surface area contributed by atoms with E-state index in [-0.39, 0.29) is 29.8 Å². The van der Waals surface area contributed by atoms with Crippen LogP contribution >= 0.6 is 0 Å². The van der Waals surface area contributed by atoms with Gasteiger partial charge in [-0.15, -0.1) is 0 Å². The molecule has 2 amide bonds. The lowest BCUT2D eigenvalue weighted by Gasteiger charge is -2.39. The van der Waals surface area contributed by atoms with Crippen LogP contribution in [0.2, 0.25) is 0 Å². The van der Waals surface area contributed by atoms with Gasteiger partial charge in [-0.25, -0.2) is 18.7 Å². The van der Waals surface area contributed by atoms with Gasteiger partial charge in [-0.3, -0.25) is 4.79 Å². The highest BCUT2D eigenvalue weighted by atomic mass is 19.1. The SMILES string of the molecule is CC(C)c1cc(-c2ccc(F)cc2)nn2cc(C(=O)N3CCN(C(=O)OC(C)(C)C)CC3C)nc12. The van der Waals surface area contributed by atoms with E-state index >= 15 is 0 Å². The molecule has 0 aliphatic carbocycles. The van der Waals surface area contributed by atoms with E-state index in [1.54, 1.807) is 32.6 Å². The quantitative estimate of drug-likeness (QED) is 0.540. The molecule has 3 heterocycles. The Morgan fingerprint density at radius 3 is 2.43 bits per heavy atom. The number of hydrogen-bond donors (Lipinski definition) is 0. The summed E-state index contributed by atoms with van der Waals surface area (Å²) in [4.78, 5) is 33.9. The summed E-state index contributed by atoms with van der Waals surface area (Å²) in [6.45, 7) is 12.7. The molecule has 1 aliphatic rings. The maximum absolute atomic E-state index is 13.4. The zero-order chi connectivity index (χ0) is 25.5. The zero-order valence-electron chi connectivity index (χ0n) is 21.1. The molecule has 3 aromatic rings. The molecule has 1 saturated heterocycles. The van der Waals surface area contributed by atoms with E-state index in [9.17, 15) is 14.0 Å². The maximum atomic E-state index is 13.4. The molecular formula is C26H32FN5O3. The molecule has 2 aromatic heterocycles. The van der Waals surface area contributed by atoms with Crippen LogP contribution in [0.3, 0.4) is 0 Å². The van der Waals surface area contributed by atoms with Crippen LogP contribution in [-0.4, -0.2) is 67.7 Å². The minimum Gasteiger partial charge on any atom is -0.444 e. The number of ether oxygens (including phenoxy) is 1. The van der Waals surface area contributed by atoms with Gasteiger partial charge in [0, 0.05) is 36.8 Å². The van der Waals surface area contributed by atoms with E-state index in [2.05, 4.69) is 23.9 Å². The fourth-order valence-corrected chi connectivity index (χ4v) is 4.19. The van der Waals surface area contributed by atoms with Gasteiger partial charge < -0.3 is 14.5 Å². The average Bonchev–Trinajstić information content (AvgIpc) is 3.21. The van der Waals surface area contributed by atoms with Crippen molar-refractivity contribution in [1.29, 1.82) is 0 Å². The second-order valence-corrected chi connectivity index (χ2v) is 10.3. The Bertz CT molecular complexity index is 1250. The van der Waals surface area contributed by atoms with Crippen molar-refractivity contribution < 1.29 is 18.7 Å². The van der Waals surface area contributed by atoms with Crippen molar-refractivity contribution in [3.63, 3.8) is 0 Å². The van der Waals surface area contributed by atoms with Crippen molar-refractivity contribution >= 4 is 17.6 Å². The first kappa shape index (κ1) is 24.6. The van der Waals surface area contributed by atoms with Gasteiger partial charge in [0.25, 0.3) is 5.91 Å². The summed E-state index contributed by atoms with van der Waals surface area (Å²) in [5, 5.41) is 4.65. The van der Waals surface area contributed by atoms with Gasteiger partial charge >= 0.3 is 6.09 Å². The van der Waals surface area contributed by atoms with Gasteiger partial charge in [-0.2, -0.15) is 5.10 Å². The van der Waals surface area contributed by atoms with Crippen LogP contribution in [0.1, 0.15) is 63.5 Å². The van der Waals surface area contributed by atoms with Crippen molar-refractivity contribution in [2.75, 3.05) is 19.6 Å². The number of carbonyl (C=O) groups excluding carboxylic acids is 2. The summed E-state index contributed by atoms with van der Waals surface area (Å²) >= 11 is 0. The number of fused-ring (bicyclic) bond motifs is 1. The summed E-state index contributed by atoms with van der Waals surface area (Å²) in [7, 11) is 0. The minimum absolute atomic E-state index is 0.140. The van der Waals surface area contributed by atoms with Crippen LogP contribution in [0, 0.1) is 5.82 Å². The van der Waals surface area contributed by atoms with Crippen LogP contribution in [0.15, 0.2) is 36.5 Å². The van der Waals surface area contributed by atoms with Crippen LogP contribution < -0.4 is 0 Å². The van der Waals surface area contributed by atoms with Gasteiger partial charge in [0.05, 0.1) is 11.9 Å². The standard InChI is InChI=1S/C26H32FN5O3/c1-16(2)20-13-21(18-7-9-19(27)10-8-18)29-32-15-22(28-23(20)32)24(33)31-12-11-30(14-17(31)3)25(34)35-26(4,5)6/h7-10,13,15-17H,11-12,14H2,1-6H3. The minimum atomic E-state index is -0.572. The Labute approximate surface area is 204 Å². The van der Waals surface area contributed by atoms with E-state index in [1.807, 2.05) is 33.8 Å². The van der Waals surface area contributed by atoms with Crippen molar-refractivity contribution in [1.82, 2.24) is 24.4 Å². The number of hydrogen-bond acceptors (Lipinski definition) is 5. The average molecular weight is 482 g/mol. The van der Waals surface area contributed by atoms with Gasteiger partial charge in [-0.05, 0) is 63.9 Å². The third-order valence-electron chi connectivity index (χ3n) is 5.97. The molecule has 1 fully saturated rings. The number of imidazole rings is 1. The number of halogens is 1. The Morgan fingerprint density at radius 2 is 1.83 bits per heavy atom. The number of carbonyl (C=O) groups is 2. The highest BCUT2D eigenvalue weighted by Crippen LogP contribution is 2.26. The Hall–Kier alpha value is -3.49. The first-order chi connectivity index (χ1) is 16.4. The normalized spacial score (nSPS) is 16.7. The first-order valence-electron chi connectivity index (χ1n) is 11.9. The molecule has 9 heteroatoms. The molecule has 0 spiro atoms. The fourth-order valence-electron chi connectivity index (χ4n) is 4.19. The van der Waals surface area contributed by atoms with Gasteiger partial charge in [-0.1, -0.05) is 13.8 Å². The number of nitrogens with zero attached hydrogens (tertiary/aromatic N) is 5. The summed E-state index contributed by atoms with van der Waals surface area (Å²) in [6, 6.07) is 7.91. The van der Waals surface area contributed by atoms with E-state index in [4.69, 9.17) is 4.74 Å². The number of amides is 2. The molecule has 0 saturated carbocycles. The van der Waals surface area contributed by atoms with E-state index in [1.165, 1.54) is 12.1 Å². The molecule has 1 atom stereocenters. The monoisotopic (exact) mass is 481 g/mol. The molecule has 0 N–H and O–H groups in total. The third-order valence-corrected chi connectivity index (χ3v) is 5.97. The van der Waals surface area contributed by atoms with Crippen molar-refractivity contribution in [3.8, 4) is 11.3 Å². The molecule has 1 aromatic carbocycles. The largest absolute Gasteiger partial charge is 0.444 e. The van der Waals surface area contributed by atoms with Crippen molar-refractivity contribution in [2.24, 2.45) is 0 Å². The first-order valence-corrected chi connectivity index (χ1v) is 11.9. The van der Waals surface area contributed by atoms with E-state index < -0.39 is 5.60 Å². The highest BCUT2D eigenvalue weighted by molar-refractivity contribution is 5.93. The van der Waals surface area contributed by atoms with E-state index in [0.717, 1.165) is 11.1 Å². The number of rotatable bonds is 3. The zero-order valence-corrected chi connectivity index (χ0v) is 21.1. The summed E-state index contributed by atoms with van der Waals surface area (Å²) < 4.78 is 20.5. The molecule has 186 valence electrons. The molecule has 0 bridgehead atoms. The number of aromatic nitrogens is 3. The Kier molecular flexibility index (Phi) is 6.53. The molecule has 8 nitrogen and oxygen atoms in total. The van der Waals surface area contributed by atoms with Crippen LogP contribution in [0.4, 0.5) is 9.18 Å². The van der Waals surface area contributed by atoms with Crippen LogP contribution in [0.25, 0.3) is 16.9 Å². The molecule has 1 unspecified atom stereocenters. The van der Waals surface area contributed by atoms with Crippen LogP contribution in [0.5, 0.6) is 0 Å². The maximum Gasteiger partial charge on any atom is 0.410 e. The lowest BCUT2D eigenvalue weighted by Crippen LogP contribution is -2.56. The summed E-state index contributed by atoms with van der Waals surface area (Å²) in [5.41, 5.74) is 2.75. The van der Waals surface area contributed by atoms with E-state index in [0.29, 0.717) is 36.7 Å². The van der Waals surface area contributed by atoms with Gasteiger partial charge in [0.1, 0.15) is 17.1 Å². The topological polar surface area (TPSA) is 80.0 Å². The highest BCUT2D eigenvalue weighted by Gasteiger charge is 2.33. The fraction of sp³-hybridized carbons (Fsp3) is 0.462. The smallest absolute Gasteiger partial charge is 0.410 e. The molecule has 0 radical (unpaired) electrons. The second kappa shape index (κ2) is 9.28. The predicted octanol–water partition coefficient (Wildman–Crippen LogP) is 4.74. The Morgan fingerprint density at radius 1 is 1.14 bits per heavy atom. The van der Waals surface area contributed by atoms with Gasteiger partial charge in [0.15, 0.2) is 5.65 Å². The Balaban J connectivity index is 1.59. The van der Waals surface area contributed by atoms with Crippen LogP contribution in [-0.2, 0) is 4.74 Å².